The molecule has 5 heteroatoms. The molecule has 0 radical (unpaired) electrons. The molecule has 26 heavy (non-hydrogen) atoms. The zero-order valence-corrected chi connectivity index (χ0v) is 15.2. The highest BCUT2D eigenvalue weighted by molar-refractivity contribution is 5.92. The molecule has 0 bridgehead atoms. The van der Waals surface area contributed by atoms with Crippen molar-refractivity contribution in [2.24, 2.45) is 0 Å². The number of nitrogens with one attached hydrogen (secondary N) is 2. The molecule has 1 heterocycles. The number of carbonyl (C=O) groups is 1. The topological polar surface area (TPSA) is 66.9 Å². The van der Waals surface area contributed by atoms with Crippen LogP contribution in [0.3, 0.4) is 0 Å². The highest BCUT2D eigenvalue weighted by atomic mass is 16.1. The summed E-state index contributed by atoms with van der Waals surface area (Å²) in [4.78, 5) is 21.0. The Kier molecular flexibility index (Phi) is 5.27. The Bertz CT molecular complexity index is 917. The van der Waals surface area contributed by atoms with E-state index in [9.17, 15) is 4.79 Å². The highest BCUT2D eigenvalue weighted by Crippen LogP contribution is 2.22. The van der Waals surface area contributed by atoms with Gasteiger partial charge in [0, 0.05) is 18.4 Å². The lowest BCUT2D eigenvalue weighted by Gasteiger charge is -2.12. The highest BCUT2D eigenvalue weighted by Gasteiger charge is 2.10. The van der Waals surface area contributed by atoms with Crippen molar-refractivity contribution in [3.63, 3.8) is 0 Å². The number of amides is 1. The first kappa shape index (κ1) is 17.6. The maximum absolute atomic E-state index is 12.4. The SMILES string of the molecule is Cc1ccccc1CNC(=O)c1ccnc(Nc2c(C)cccc2C)n1. The van der Waals surface area contributed by atoms with Crippen LogP contribution in [0.25, 0.3) is 0 Å². The van der Waals surface area contributed by atoms with Gasteiger partial charge in [0.2, 0.25) is 5.95 Å². The van der Waals surface area contributed by atoms with Gasteiger partial charge in [-0.1, -0.05) is 42.5 Å². The van der Waals surface area contributed by atoms with Crippen LogP contribution in [0.1, 0.15) is 32.7 Å². The average molecular weight is 346 g/mol. The lowest BCUT2D eigenvalue weighted by atomic mass is 10.1. The molecule has 2 N–H and O–H groups in total. The van der Waals surface area contributed by atoms with Gasteiger partial charge in [-0.15, -0.1) is 0 Å². The summed E-state index contributed by atoms with van der Waals surface area (Å²) in [7, 11) is 0. The smallest absolute Gasteiger partial charge is 0.270 e. The number of hydrogen-bond acceptors (Lipinski definition) is 4. The molecule has 3 aromatic rings. The number of aromatic nitrogens is 2. The molecule has 0 aliphatic carbocycles. The molecule has 132 valence electrons. The van der Waals surface area contributed by atoms with Gasteiger partial charge in [0.15, 0.2) is 0 Å². The number of anilines is 2. The summed E-state index contributed by atoms with van der Waals surface area (Å²) >= 11 is 0. The van der Waals surface area contributed by atoms with Gasteiger partial charge in [-0.2, -0.15) is 0 Å². The van der Waals surface area contributed by atoms with Crippen LogP contribution in [0.4, 0.5) is 11.6 Å². The van der Waals surface area contributed by atoms with Crippen molar-refractivity contribution in [1.82, 2.24) is 15.3 Å². The van der Waals surface area contributed by atoms with Gasteiger partial charge in [0.1, 0.15) is 5.69 Å². The third kappa shape index (κ3) is 4.06. The second-order valence-electron chi connectivity index (χ2n) is 6.27. The second kappa shape index (κ2) is 7.78. The molecule has 3 rings (SSSR count). The third-order valence-electron chi connectivity index (χ3n) is 4.31. The van der Waals surface area contributed by atoms with Gasteiger partial charge in [0.05, 0.1) is 0 Å². The maximum Gasteiger partial charge on any atom is 0.270 e. The van der Waals surface area contributed by atoms with Crippen LogP contribution in [0.5, 0.6) is 0 Å². The van der Waals surface area contributed by atoms with Crippen LogP contribution in [0.15, 0.2) is 54.7 Å². The van der Waals surface area contributed by atoms with Crippen molar-refractivity contribution in [1.29, 1.82) is 0 Å². The summed E-state index contributed by atoms with van der Waals surface area (Å²) in [5.41, 5.74) is 5.73. The Morgan fingerprint density at radius 1 is 0.923 bits per heavy atom. The standard InChI is InChI=1S/C21H22N4O/c1-14-7-4-5-10-17(14)13-23-20(26)18-11-12-22-21(24-18)25-19-15(2)8-6-9-16(19)3/h4-12H,13H2,1-3H3,(H,23,26)(H,22,24,25). The first-order valence-electron chi connectivity index (χ1n) is 8.53. The summed E-state index contributed by atoms with van der Waals surface area (Å²) < 4.78 is 0. The Balaban J connectivity index is 1.72. The number of hydrogen-bond donors (Lipinski definition) is 2. The minimum atomic E-state index is -0.222. The van der Waals surface area contributed by atoms with Gasteiger partial charge in [-0.25, -0.2) is 9.97 Å². The van der Waals surface area contributed by atoms with Crippen LogP contribution in [-0.2, 0) is 6.54 Å². The number of aryl methyl sites for hydroxylation is 3. The average Bonchev–Trinajstić information content (AvgIpc) is 2.64. The van der Waals surface area contributed by atoms with E-state index in [4.69, 9.17) is 0 Å². The minimum Gasteiger partial charge on any atom is -0.347 e. The van der Waals surface area contributed by atoms with E-state index in [1.807, 2.05) is 63.2 Å². The fourth-order valence-electron chi connectivity index (χ4n) is 2.74. The van der Waals surface area contributed by atoms with Gasteiger partial charge < -0.3 is 10.6 Å². The third-order valence-corrected chi connectivity index (χ3v) is 4.31. The molecule has 0 unspecified atom stereocenters. The summed E-state index contributed by atoms with van der Waals surface area (Å²) in [5.74, 6) is 0.186. The Morgan fingerprint density at radius 3 is 2.35 bits per heavy atom. The Morgan fingerprint density at radius 2 is 1.62 bits per heavy atom. The minimum absolute atomic E-state index is 0.222. The molecular weight excluding hydrogens is 324 g/mol. The maximum atomic E-state index is 12.4. The van der Waals surface area contributed by atoms with Crippen LogP contribution in [-0.4, -0.2) is 15.9 Å². The Hall–Kier alpha value is -3.21. The first-order valence-corrected chi connectivity index (χ1v) is 8.53. The quantitative estimate of drug-likeness (QED) is 0.731. The predicted molar refractivity (Wildman–Crippen MR) is 104 cm³/mol. The van der Waals surface area contributed by atoms with Crippen LogP contribution in [0, 0.1) is 20.8 Å². The van der Waals surface area contributed by atoms with E-state index in [-0.39, 0.29) is 5.91 Å². The molecular formula is C21H22N4O. The van der Waals surface area contributed by atoms with E-state index >= 15 is 0 Å². The van der Waals surface area contributed by atoms with Crippen molar-refractivity contribution >= 4 is 17.5 Å². The zero-order chi connectivity index (χ0) is 18.5. The molecule has 1 aromatic heterocycles. The summed E-state index contributed by atoms with van der Waals surface area (Å²) in [5, 5.41) is 6.13. The summed E-state index contributed by atoms with van der Waals surface area (Å²) in [6.45, 7) is 6.54. The molecule has 0 atom stereocenters. The monoisotopic (exact) mass is 346 g/mol. The van der Waals surface area contributed by atoms with Gasteiger partial charge in [-0.3, -0.25) is 4.79 Å². The number of carbonyl (C=O) groups excluding carboxylic acids is 1. The van der Waals surface area contributed by atoms with Crippen molar-refractivity contribution in [3.05, 3.63) is 82.7 Å². The molecule has 0 aliphatic rings. The lowest BCUT2D eigenvalue weighted by Crippen LogP contribution is -2.24. The molecule has 0 aliphatic heterocycles. The molecule has 2 aromatic carbocycles. The first-order chi connectivity index (χ1) is 12.5. The van der Waals surface area contributed by atoms with E-state index in [2.05, 4.69) is 20.6 Å². The van der Waals surface area contributed by atoms with Gasteiger partial charge >= 0.3 is 0 Å². The molecule has 0 saturated carbocycles. The summed E-state index contributed by atoms with van der Waals surface area (Å²) in [6.07, 6.45) is 1.59. The second-order valence-corrected chi connectivity index (χ2v) is 6.27. The van der Waals surface area contributed by atoms with Crippen LogP contribution < -0.4 is 10.6 Å². The van der Waals surface area contributed by atoms with Crippen LogP contribution >= 0.6 is 0 Å². The number of para-hydroxylation sites is 1. The molecule has 0 saturated heterocycles. The van der Waals surface area contributed by atoms with E-state index in [0.29, 0.717) is 18.2 Å². The molecule has 0 spiro atoms. The Labute approximate surface area is 153 Å². The van der Waals surface area contributed by atoms with Crippen molar-refractivity contribution < 1.29 is 4.79 Å². The fourth-order valence-corrected chi connectivity index (χ4v) is 2.74. The van der Waals surface area contributed by atoms with E-state index in [0.717, 1.165) is 27.9 Å². The van der Waals surface area contributed by atoms with Crippen LogP contribution in [0.2, 0.25) is 0 Å². The van der Waals surface area contributed by atoms with Gasteiger partial charge in [0.25, 0.3) is 5.91 Å². The number of rotatable bonds is 5. The zero-order valence-electron chi connectivity index (χ0n) is 15.2. The number of nitrogens with zero attached hydrogens (tertiary/aromatic N) is 2. The predicted octanol–water partition coefficient (Wildman–Crippen LogP) is 4.08. The van der Waals surface area contributed by atoms with Gasteiger partial charge in [-0.05, 0) is 49.1 Å². The van der Waals surface area contributed by atoms with E-state index in [1.54, 1.807) is 12.3 Å². The van der Waals surface area contributed by atoms with E-state index < -0.39 is 0 Å². The van der Waals surface area contributed by atoms with E-state index in [1.165, 1.54) is 0 Å². The largest absolute Gasteiger partial charge is 0.347 e. The fraction of sp³-hybridized carbons (Fsp3) is 0.190. The lowest BCUT2D eigenvalue weighted by molar-refractivity contribution is 0.0946. The number of benzene rings is 2. The molecule has 5 nitrogen and oxygen atoms in total. The summed E-state index contributed by atoms with van der Waals surface area (Å²) in [6, 6.07) is 15.6. The van der Waals surface area contributed by atoms with Crippen molar-refractivity contribution in [2.45, 2.75) is 27.3 Å². The van der Waals surface area contributed by atoms with Crippen molar-refractivity contribution in [3.8, 4) is 0 Å². The normalized spacial score (nSPS) is 10.4. The molecule has 1 amide bonds. The molecule has 0 fully saturated rings. The van der Waals surface area contributed by atoms with Crippen molar-refractivity contribution in [2.75, 3.05) is 5.32 Å².